The summed E-state index contributed by atoms with van der Waals surface area (Å²) in [4.78, 5) is 26.4. The Balaban J connectivity index is 1.73. The lowest BCUT2D eigenvalue weighted by Gasteiger charge is -2.30. The average molecular weight is 296 g/mol. The molecule has 0 spiro atoms. The number of hydrogen-bond acceptors (Lipinski definition) is 4. The predicted molar refractivity (Wildman–Crippen MR) is 77.5 cm³/mol. The van der Waals surface area contributed by atoms with Crippen LogP contribution >= 0.6 is 11.3 Å². The summed E-state index contributed by atoms with van der Waals surface area (Å²) in [5.74, 6) is 0.0857. The molecule has 1 saturated heterocycles. The van der Waals surface area contributed by atoms with Gasteiger partial charge in [0, 0.05) is 23.9 Å². The van der Waals surface area contributed by atoms with Gasteiger partial charge in [0.25, 0.3) is 0 Å². The lowest BCUT2D eigenvalue weighted by atomic mass is 9.96. The lowest BCUT2D eigenvalue weighted by molar-refractivity contribution is -0.126. The van der Waals surface area contributed by atoms with Crippen molar-refractivity contribution in [2.45, 2.75) is 26.3 Å². The van der Waals surface area contributed by atoms with Crippen LogP contribution in [0.2, 0.25) is 0 Å². The zero-order valence-electron chi connectivity index (χ0n) is 11.6. The van der Waals surface area contributed by atoms with Gasteiger partial charge in [0.05, 0.1) is 13.2 Å². The van der Waals surface area contributed by atoms with Gasteiger partial charge in [-0.2, -0.15) is 0 Å². The first-order chi connectivity index (χ1) is 9.70. The van der Waals surface area contributed by atoms with E-state index in [0.29, 0.717) is 39.1 Å². The molecule has 2 amide bonds. The van der Waals surface area contributed by atoms with Gasteiger partial charge in [-0.15, -0.1) is 11.3 Å². The molecule has 0 aromatic carbocycles. The minimum atomic E-state index is -0.273. The van der Waals surface area contributed by atoms with E-state index in [4.69, 9.17) is 4.74 Å². The smallest absolute Gasteiger partial charge is 0.409 e. The van der Waals surface area contributed by atoms with Crippen LogP contribution in [0.25, 0.3) is 0 Å². The van der Waals surface area contributed by atoms with E-state index >= 15 is 0 Å². The molecule has 6 heteroatoms. The Labute approximate surface area is 122 Å². The van der Waals surface area contributed by atoms with Crippen LogP contribution < -0.4 is 5.32 Å². The summed E-state index contributed by atoms with van der Waals surface area (Å²) in [5, 5.41) is 4.96. The zero-order valence-corrected chi connectivity index (χ0v) is 12.4. The largest absolute Gasteiger partial charge is 0.450 e. The Hall–Kier alpha value is -1.56. The molecule has 0 unspecified atom stereocenters. The first-order valence-corrected chi connectivity index (χ1v) is 7.80. The van der Waals surface area contributed by atoms with Crippen molar-refractivity contribution in [3.8, 4) is 0 Å². The summed E-state index contributed by atoms with van der Waals surface area (Å²) in [6.07, 6.45) is 1.13. The van der Waals surface area contributed by atoms with Crippen molar-refractivity contribution in [2.24, 2.45) is 5.92 Å². The minimum Gasteiger partial charge on any atom is -0.450 e. The van der Waals surface area contributed by atoms with Crippen LogP contribution in [-0.4, -0.2) is 36.6 Å². The van der Waals surface area contributed by atoms with Gasteiger partial charge in [-0.25, -0.2) is 4.79 Å². The van der Waals surface area contributed by atoms with Crippen LogP contribution in [0.5, 0.6) is 0 Å². The molecule has 0 radical (unpaired) electrons. The second kappa shape index (κ2) is 7.28. The number of hydrogen-bond donors (Lipinski definition) is 1. The molecule has 1 N–H and O–H groups in total. The number of nitrogens with zero attached hydrogens (tertiary/aromatic N) is 1. The Bertz CT molecular complexity index is 439. The van der Waals surface area contributed by atoms with Crippen LogP contribution in [0.4, 0.5) is 4.79 Å². The van der Waals surface area contributed by atoms with Gasteiger partial charge in [0.1, 0.15) is 0 Å². The summed E-state index contributed by atoms with van der Waals surface area (Å²) < 4.78 is 4.96. The fourth-order valence-corrected chi connectivity index (χ4v) is 2.92. The van der Waals surface area contributed by atoms with E-state index in [1.807, 2.05) is 17.5 Å². The maximum absolute atomic E-state index is 12.1. The quantitative estimate of drug-likeness (QED) is 0.927. The van der Waals surface area contributed by atoms with Crippen LogP contribution in [0.1, 0.15) is 24.6 Å². The topological polar surface area (TPSA) is 58.6 Å². The molecule has 1 aromatic heterocycles. The highest BCUT2D eigenvalue weighted by Gasteiger charge is 2.27. The first kappa shape index (κ1) is 14.8. The molecular weight excluding hydrogens is 276 g/mol. The van der Waals surface area contributed by atoms with E-state index in [1.165, 1.54) is 0 Å². The number of likely N-dealkylation sites (tertiary alicyclic amines) is 1. The standard InChI is InChI=1S/C14H20N2O3S/c1-2-19-14(18)16-7-5-11(6-8-16)13(17)15-10-12-4-3-9-20-12/h3-4,9,11H,2,5-8,10H2,1H3,(H,15,17). The van der Waals surface area contributed by atoms with Crippen molar-refractivity contribution < 1.29 is 14.3 Å². The number of piperidine rings is 1. The third kappa shape index (κ3) is 3.96. The maximum Gasteiger partial charge on any atom is 0.409 e. The minimum absolute atomic E-state index is 0.000591. The van der Waals surface area contributed by atoms with Gasteiger partial charge in [-0.3, -0.25) is 4.79 Å². The molecule has 0 aliphatic carbocycles. The normalized spacial score (nSPS) is 15.9. The fourth-order valence-electron chi connectivity index (χ4n) is 2.27. The summed E-state index contributed by atoms with van der Waals surface area (Å²) in [5.41, 5.74) is 0. The summed E-state index contributed by atoms with van der Waals surface area (Å²) in [6, 6.07) is 3.98. The molecule has 20 heavy (non-hydrogen) atoms. The molecule has 1 aliphatic heterocycles. The molecule has 0 atom stereocenters. The van der Waals surface area contributed by atoms with Crippen molar-refractivity contribution in [2.75, 3.05) is 19.7 Å². The van der Waals surface area contributed by atoms with Crippen LogP contribution in [0, 0.1) is 5.92 Å². The molecule has 2 rings (SSSR count). The third-order valence-corrected chi connectivity index (χ3v) is 4.29. The first-order valence-electron chi connectivity index (χ1n) is 6.92. The third-order valence-electron chi connectivity index (χ3n) is 3.41. The summed E-state index contributed by atoms with van der Waals surface area (Å²) >= 11 is 1.64. The molecule has 0 bridgehead atoms. The maximum atomic E-state index is 12.1. The van der Waals surface area contributed by atoms with Gasteiger partial charge >= 0.3 is 6.09 Å². The number of ether oxygens (including phenoxy) is 1. The Morgan fingerprint density at radius 2 is 2.20 bits per heavy atom. The number of rotatable bonds is 4. The van der Waals surface area contributed by atoms with E-state index < -0.39 is 0 Å². The van der Waals surface area contributed by atoms with Crippen LogP contribution in [0.15, 0.2) is 17.5 Å². The highest BCUT2D eigenvalue weighted by atomic mass is 32.1. The Kier molecular flexibility index (Phi) is 5.40. The van der Waals surface area contributed by atoms with E-state index in [-0.39, 0.29) is 17.9 Å². The van der Waals surface area contributed by atoms with Gasteiger partial charge in [-0.05, 0) is 31.2 Å². The summed E-state index contributed by atoms with van der Waals surface area (Å²) in [6.45, 7) is 3.96. The summed E-state index contributed by atoms with van der Waals surface area (Å²) in [7, 11) is 0. The zero-order chi connectivity index (χ0) is 14.4. The predicted octanol–water partition coefficient (Wildman–Crippen LogP) is 2.23. The molecule has 0 saturated carbocycles. The molecule has 1 aromatic rings. The van der Waals surface area contributed by atoms with Crippen molar-refractivity contribution in [3.63, 3.8) is 0 Å². The molecule has 1 fully saturated rings. The van der Waals surface area contributed by atoms with Crippen molar-refractivity contribution in [3.05, 3.63) is 22.4 Å². The number of carbonyl (C=O) groups is 2. The highest BCUT2D eigenvalue weighted by Crippen LogP contribution is 2.18. The second-order valence-electron chi connectivity index (χ2n) is 4.76. The van der Waals surface area contributed by atoms with Gasteiger partial charge in [0.15, 0.2) is 0 Å². The molecule has 2 heterocycles. The Morgan fingerprint density at radius 1 is 1.45 bits per heavy atom. The SMILES string of the molecule is CCOC(=O)N1CCC(C(=O)NCc2cccs2)CC1. The van der Waals surface area contributed by atoms with Crippen molar-refractivity contribution in [1.29, 1.82) is 0 Å². The second-order valence-corrected chi connectivity index (χ2v) is 5.79. The molecule has 1 aliphatic rings. The van der Waals surface area contributed by atoms with E-state index in [1.54, 1.807) is 23.2 Å². The van der Waals surface area contributed by atoms with E-state index in [0.717, 1.165) is 4.88 Å². The van der Waals surface area contributed by atoms with Gasteiger partial charge in [0.2, 0.25) is 5.91 Å². The van der Waals surface area contributed by atoms with E-state index in [9.17, 15) is 9.59 Å². The van der Waals surface area contributed by atoms with Crippen LogP contribution in [-0.2, 0) is 16.1 Å². The van der Waals surface area contributed by atoms with Gasteiger partial charge < -0.3 is 15.0 Å². The highest BCUT2D eigenvalue weighted by molar-refractivity contribution is 7.09. The van der Waals surface area contributed by atoms with E-state index in [2.05, 4.69) is 5.32 Å². The lowest BCUT2D eigenvalue weighted by Crippen LogP contribution is -2.43. The fraction of sp³-hybridized carbons (Fsp3) is 0.571. The molecular formula is C14H20N2O3S. The van der Waals surface area contributed by atoms with Crippen molar-refractivity contribution >= 4 is 23.3 Å². The number of thiophene rings is 1. The molecule has 110 valence electrons. The van der Waals surface area contributed by atoms with Crippen molar-refractivity contribution in [1.82, 2.24) is 10.2 Å². The number of amides is 2. The van der Waals surface area contributed by atoms with Gasteiger partial charge in [-0.1, -0.05) is 6.07 Å². The Morgan fingerprint density at radius 3 is 2.80 bits per heavy atom. The average Bonchev–Trinajstić information content (AvgIpc) is 2.98. The number of carbonyl (C=O) groups excluding carboxylic acids is 2. The molecule has 5 nitrogen and oxygen atoms in total. The monoisotopic (exact) mass is 296 g/mol. The van der Waals surface area contributed by atoms with Crippen LogP contribution in [0.3, 0.4) is 0 Å². The number of nitrogens with one attached hydrogen (secondary N) is 1.